The highest BCUT2D eigenvalue weighted by Gasteiger charge is 2.21. The zero-order valence-electron chi connectivity index (χ0n) is 12.7. The van der Waals surface area contributed by atoms with E-state index in [1.807, 2.05) is 13.0 Å². The topological polar surface area (TPSA) is 66.4 Å². The van der Waals surface area contributed by atoms with Gasteiger partial charge in [-0.25, -0.2) is 8.42 Å². The highest BCUT2D eigenvalue weighted by atomic mass is 32.2. The van der Waals surface area contributed by atoms with Gasteiger partial charge in [-0.05, 0) is 43.5 Å². The first-order chi connectivity index (χ1) is 9.22. The number of nitrogens with one attached hydrogen (secondary N) is 1. The third kappa shape index (κ3) is 5.23. The molecule has 0 spiro atoms. The van der Waals surface area contributed by atoms with Crippen molar-refractivity contribution in [2.45, 2.75) is 38.7 Å². The lowest BCUT2D eigenvalue weighted by molar-refractivity contribution is 0.192. The molecule has 0 fully saturated rings. The van der Waals surface area contributed by atoms with E-state index in [9.17, 15) is 13.5 Å². The van der Waals surface area contributed by atoms with Gasteiger partial charge in [0, 0.05) is 6.54 Å². The summed E-state index contributed by atoms with van der Waals surface area (Å²) in [5.41, 5.74) is 1.62. The molecule has 0 saturated carbocycles. The lowest BCUT2D eigenvalue weighted by atomic mass is 10.2. The smallest absolute Gasteiger partial charge is 0.181 e. The summed E-state index contributed by atoms with van der Waals surface area (Å²) in [4.78, 5) is 0.320. The maximum absolute atomic E-state index is 12.3. The van der Waals surface area contributed by atoms with E-state index in [4.69, 9.17) is 0 Å². The van der Waals surface area contributed by atoms with Crippen molar-refractivity contribution in [2.75, 3.05) is 18.8 Å². The molecule has 0 aliphatic heterocycles. The summed E-state index contributed by atoms with van der Waals surface area (Å²) in [6, 6.07) is 5.35. The van der Waals surface area contributed by atoms with Crippen LogP contribution in [0.15, 0.2) is 23.1 Å². The molecule has 1 aromatic carbocycles. The minimum Gasteiger partial charge on any atom is -0.391 e. The summed E-state index contributed by atoms with van der Waals surface area (Å²) in [6.45, 7) is 8.82. The zero-order chi connectivity index (χ0) is 15.3. The molecule has 1 unspecified atom stereocenters. The van der Waals surface area contributed by atoms with Crippen LogP contribution in [-0.2, 0) is 9.84 Å². The van der Waals surface area contributed by atoms with E-state index in [1.165, 1.54) is 0 Å². The third-order valence-electron chi connectivity index (χ3n) is 3.02. The summed E-state index contributed by atoms with van der Waals surface area (Å²) in [7, 11) is -3.45. The van der Waals surface area contributed by atoms with Crippen molar-refractivity contribution in [2.24, 2.45) is 5.92 Å². The molecule has 5 heteroatoms. The van der Waals surface area contributed by atoms with Gasteiger partial charge in [-0.2, -0.15) is 0 Å². The first kappa shape index (κ1) is 17.1. The minimum absolute atomic E-state index is 0.248. The SMILES string of the molecule is Cc1ccc(C)c(S(=O)(=O)CC(O)CNCC(C)C)c1. The molecular formula is C15H25NO3S. The van der Waals surface area contributed by atoms with Gasteiger partial charge in [-0.3, -0.25) is 0 Å². The molecular weight excluding hydrogens is 274 g/mol. The number of aliphatic hydroxyl groups excluding tert-OH is 1. The number of sulfone groups is 1. The molecule has 0 aliphatic rings. The number of hydrogen-bond acceptors (Lipinski definition) is 4. The summed E-state index contributed by atoms with van der Waals surface area (Å²) < 4.78 is 24.6. The molecule has 1 aromatic rings. The van der Waals surface area contributed by atoms with Gasteiger partial charge in [-0.1, -0.05) is 26.0 Å². The van der Waals surface area contributed by atoms with E-state index < -0.39 is 15.9 Å². The van der Waals surface area contributed by atoms with Crippen molar-refractivity contribution in [3.63, 3.8) is 0 Å². The van der Waals surface area contributed by atoms with Crippen LogP contribution >= 0.6 is 0 Å². The number of aryl methyl sites for hydroxylation is 2. The van der Waals surface area contributed by atoms with E-state index in [2.05, 4.69) is 19.2 Å². The van der Waals surface area contributed by atoms with E-state index in [0.717, 1.165) is 17.7 Å². The van der Waals surface area contributed by atoms with E-state index in [1.54, 1.807) is 19.1 Å². The maximum atomic E-state index is 12.3. The molecule has 0 aliphatic carbocycles. The maximum Gasteiger partial charge on any atom is 0.181 e. The summed E-state index contributed by atoms with van der Waals surface area (Å²) in [5, 5.41) is 12.9. The number of aliphatic hydroxyl groups is 1. The molecule has 2 N–H and O–H groups in total. The van der Waals surface area contributed by atoms with Crippen molar-refractivity contribution < 1.29 is 13.5 Å². The molecule has 0 bridgehead atoms. The monoisotopic (exact) mass is 299 g/mol. The third-order valence-corrected chi connectivity index (χ3v) is 4.96. The van der Waals surface area contributed by atoms with E-state index >= 15 is 0 Å². The number of benzene rings is 1. The van der Waals surface area contributed by atoms with Crippen molar-refractivity contribution in [1.82, 2.24) is 5.32 Å². The van der Waals surface area contributed by atoms with Crippen LogP contribution < -0.4 is 5.32 Å². The highest BCUT2D eigenvalue weighted by molar-refractivity contribution is 7.91. The molecule has 20 heavy (non-hydrogen) atoms. The average molecular weight is 299 g/mol. The predicted octanol–water partition coefficient (Wildman–Crippen LogP) is 1.68. The minimum atomic E-state index is -3.45. The Hall–Kier alpha value is -0.910. The van der Waals surface area contributed by atoms with Crippen molar-refractivity contribution in [3.05, 3.63) is 29.3 Å². The van der Waals surface area contributed by atoms with E-state index in [0.29, 0.717) is 17.4 Å². The number of rotatable bonds is 7. The van der Waals surface area contributed by atoms with Crippen LogP contribution in [0.25, 0.3) is 0 Å². The number of hydrogen-bond donors (Lipinski definition) is 2. The Kier molecular flexibility index (Phi) is 6.17. The Bertz CT molecular complexity index is 538. The molecule has 1 atom stereocenters. The summed E-state index contributed by atoms with van der Waals surface area (Å²) in [6.07, 6.45) is -0.890. The summed E-state index contributed by atoms with van der Waals surface area (Å²) >= 11 is 0. The highest BCUT2D eigenvalue weighted by Crippen LogP contribution is 2.18. The van der Waals surface area contributed by atoms with Crippen LogP contribution in [0.3, 0.4) is 0 Å². The van der Waals surface area contributed by atoms with Gasteiger partial charge in [-0.15, -0.1) is 0 Å². The normalized spacial score (nSPS) is 13.7. The van der Waals surface area contributed by atoms with Crippen molar-refractivity contribution in [1.29, 1.82) is 0 Å². The van der Waals surface area contributed by atoms with Crippen LogP contribution in [0.4, 0.5) is 0 Å². The Labute approximate surface area is 122 Å². The van der Waals surface area contributed by atoms with Gasteiger partial charge < -0.3 is 10.4 Å². The average Bonchev–Trinajstić information content (AvgIpc) is 2.31. The van der Waals surface area contributed by atoms with Gasteiger partial charge in [0.05, 0.1) is 16.8 Å². The largest absolute Gasteiger partial charge is 0.391 e. The fraction of sp³-hybridized carbons (Fsp3) is 0.600. The Morgan fingerprint density at radius 3 is 2.45 bits per heavy atom. The lowest BCUT2D eigenvalue weighted by Gasteiger charge is -2.15. The second-order valence-electron chi connectivity index (χ2n) is 5.76. The first-order valence-electron chi connectivity index (χ1n) is 6.91. The van der Waals surface area contributed by atoms with Gasteiger partial charge in [0.2, 0.25) is 0 Å². The van der Waals surface area contributed by atoms with Gasteiger partial charge in [0.15, 0.2) is 9.84 Å². The molecule has 0 radical (unpaired) electrons. The Morgan fingerprint density at radius 2 is 1.85 bits per heavy atom. The predicted molar refractivity (Wildman–Crippen MR) is 81.7 cm³/mol. The zero-order valence-corrected chi connectivity index (χ0v) is 13.5. The van der Waals surface area contributed by atoms with Crippen molar-refractivity contribution in [3.8, 4) is 0 Å². The molecule has 0 heterocycles. The second-order valence-corrected chi connectivity index (χ2v) is 7.76. The molecule has 114 valence electrons. The van der Waals surface area contributed by atoms with Gasteiger partial charge in [0.25, 0.3) is 0 Å². The molecule has 0 aromatic heterocycles. The Balaban J connectivity index is 2.72. The quantitative estimate of drug-likeness (QED) is 0.804. The van der Waals surface area contributed by atoms with Crippen LogP contribution in [0.2, 0.25) is 0 Å². The Morgan fingerprint density at radius 1 is 1.20 bits per heavy atom. The second kappa shape index (κ2) is 7.20. The van der Waals surface area contributed by atoms with Crippen LogP contribution in [-0.4, -0.2) is 38.5 Å². The lowest BCUT2D eigenvalue weighted by Crippen LogP contribution is -2.34. The van der Waals surface area contributed by atoms with E-state index in [-0.39, 0.29) is 5.75 Å². The molecule has 0 amide bonds. The van der Waals surface area contributed by atoms with Gasteiger partial charge >= 0.3 is 0 Å². The fourth-order valence-corrected chi connectivity index (χ4v) is 3.71. The molecule has 0 saturated heterocycles. The first-order valence-corrected chi connectivity index (χ1v) is 8.56. The standard InChI is InChI=1S/C15H25NO3S/c1-11(2)8-16-9-14(17)10-20(18,19)15-7-12(3)5-6-13(15)4/h5-7,11,14,16-17H,8-10H2,1-4H3. The van der Waals surface area contributed by atoms with Crippen LogP contribution in [0.5, 0.6) is 0 Å². The van der Waals surface area contributed by atoms with Crippen LogP contribution in [0.1, 0.15) is 25.0 Å². The van der Waals surface area contributed by atoms with Gasteiger partial charge in [0.1, 0.15) is 0 Å². The van der Waals surface area contributed by atoms with Crippen molar-refractivity contribution >= 4 is 9.84 Å². The fourth-order valence-electron chi connectivity index (χ4n) is 1.98. The molecule has 4 nitrogen and oxygen atoms in total. The molecule has 1 rings (SSSR count). The summed E-state index contributed by atoms with van der Waals surface area (Å²) in [5.74, 6) is 0.223. The van der Waals surface area contributed by atoms with Crippen LogP contribution in [0, 0.1) is 19.8 Å².